The number of amides is 1. The van der Waals surface area contributed by atoms with Crippen molar-refractivity contribution in [3.63, 3.8) is 0 Å². The van der Waals surface area contributed by atoms with Crippen LogP contribution in [0, 0.1) is 0 Å². The summed E-state index contributed by atoms with van der Waals surface area (Å²) in [6.07, 6.45) is 1.14. The monoisotopic (exact) mass is 302 g/mol. The van der Waals surface area contributed by atoms with Crippen molar-refractivity contribution in [2.24, 2.45) is 0 Å². The zero-order valence-electron chi connectivity index (χ0n) is 13.8. The van der Waals surface area contributed by atoms with Crippen LogP contribution in [0.4, 0.5) is 5.69 Å². The molecule has 4 rings (SSSR count). The van der Waals surface area contributed by atoms with Crippen molar-refractivity contribution in [3.8, 4) is 0 Å². The topological polar surface area (TPSA) is 32.3 Å². The number of anilines is 1. The Bertz CT molecular complexity index is 504. The molecule has 0 spiro atoms. The van der Waals surface area contributed by atoms with Gasteiger partial charge in [-0.2, -0.15) is 0 Å². The van der Waals surface area contributed by atoms with E-state index in [0.717, 1.165) is 55.9 Å². The number of fused-ring (bicyclic) bond motifs is 3. The van der Waals surface area contributed by atoms with E-state index in [9.17, 15) is 4.79 Å². The van der Waals surface area contributed by atoms with Crippen LogP contribution in [0.1, 0.15) is 31.7 Å². The first-order valence-corrected chi connectivity index (χ1v) is 8.57. The molecule has 1 aromatic carbocycles. The van der Waals surface area contributed by atoms with Crippen molar-refractivity contribution in [1.29, 1.82) is 0 Å². The van der Waals surface area contributed by atoms with Crippen LogP contribution >= 0.6 is 0 Å². The van der Waals surface area contributed by atoms with Crippen molar-refractivity contribution in [1.82, 2.24) is 4.90 Å². The van der Waals surface area contributed by atoms with Gasteiger partial charge in [-0.25, -0.2) is 0 Å². The maximum Gasteiger partial charge on any atom is 0.279 e. The molecule has 0 unspecified atom stereocenters. The number of hydrogen-bond donors (Lipinski definition) is 1. The summed E-state index contributed by atoms with van der Waals surface area (Å²) in [4.78, 5) is 14.9. The van der Waals surface area contributed by atoms with Gasteiger partial charge in [0.15, 0.2) is 6.54 Å². The third-order valence-electron chi connectivity index (χ3n) is 5.53. The van der Waals surface area contributed by atoms with Gasteiger partial charge in [-0.3, -0.25) is 9.69 Å². The minimum Gasteiger partial charge on any atom is -0.321 e. The first-order chi connectivity index (χ1) is 10.6. The van der Waals surface area contributed by atoms with Gasteiger partial charge in [-0.1, -0.05) is 26.0 Å². The summed E-state index contributed by atoms with van der Waals surface area (Å²) in [6, 6.07) is 8.34. The lowest BCUT2D eigenvalue weighted by atomic mass is 9.99. The van der Waals surface area contributed by atoms with Gasteiger partial charge in [-0.05, 0) is 30.0 Å². The molecular formula is C18H28N3O+. The average molecular weight is 302 g/mol. The second-order valence-corrected chi connectivity index (χ2v) is 6.99. The number of piperazine rings is 3. The molecule has 3 saturated heterocycles. The molecule has 0 aromatic heterocycles. The third-order valence-corrected chi connectivity index (χ3v) is 5.53. The van der Waals surface area contributed by atoms with Gasteiger partial charge in [0.1, 0.15) is 0 Å². The highest BCUT2D eigenvalue weighted by molar-refractivity contribution is 5.91. The zero-order chi connectivity index (χ0) is 15.6. The molecule has 120 valence electrons. The van der Waals surface area contributed by atoms with Crippen molar-refractivity contribution < 1.29 is 9.28 Å². The molecule has 0 saturated carbocycles. The van der Waals surface area contributed by atoms with Crippen LogP contribution in [-0.2, 0) is 4.79 Å². The normalized spacial score (nSPS) is 28.4. The molecule has 0 aliphatic carbocycles. The van der Waals surface area contributed by atoms with Crippen molar-refractivity contribution in [2.45, 2.75) is 26.2 Å². The number of carbonyl (C=O) groups is 1. The summed E-state index contributed by atoms with van der Waals surface area (Å²) in [5, 5.41) is 3.08. The number of nitrogens with zero attached hydrogens (tertiary/aromatic N) is 2. The zero-order valence-corrected chi connectivity index (χ0v) is 13.8. The fourth-order valence-electron chi connectivity index (χ4n) is 3.60. The highest BCUT2D eigenvalue weighted by atomic mass is 16.2. The summed E-state index contributed by atoms with van der Waals surface area (Å²) >= 11 is 0. The largest absolute Gasteiger partial charge is 0.321 e. The smallest absolute Gasteiger partial charge is 0.279 e. The number of hydrogen-bond acceptors (Lipinski definition) is 2. The van der Waals surface area contributed by atoms with Gasteiger partial charge in [0.05, 0.1) is 19.6 Å². The molecule has 1 atom stereocenters. The summed E-state index contributed by atoms with van der Waals surface area (Å²) < 4.78 is 0.979. The van der Waals surface area contributed by atoms with Crippen LogP contribution in [-0.4, -0.2) is 61.1 Å². The van der Waals surface area contributed by atoms with Crippen molar-refractivity contribution >= 4 is 11.6 Å². The summed E-state index contributed by atoms with van der Waals surface area (Å²) in [6.45, 7) is 11.9. The fraction of sp³-hybridized carbons (Fsp3) is 0.611. The minimum atomic E-state index is 0.159. The Balaban J connectivity index is 1.57. The Morgan fingerprint density at radius 3 is 2.32 bits per heavy atom. The lowest BCUT2D eigenvalue weighted by Crippen LogP contribution is -2.68. The highest BCUT2D eigenvalue weighted by Crippen LogP contribution is 2.22. The number of quaternary nitrogens is 1. The Morgan fingerprint density at radius 1 is 1.18 bits per heavy atom. The van der Waals surface area contributed by atoms with E-state index >= 15 is 0 Å². The first-order valence-electron chi connectivity index (χ1n) is 8.57. The maximum absolute atomic E-state index is 12.4. The molecule has 3 heterocycles. The minimum absolute atomic E-state index is 0.159. The second-order valence-electron chi connectivity index (χ2n) is 6.99. The number of nitrogens with one attached hydrogen (secondary N) is 1. The molecule has 3 aliphatic heterocycles. The summed E-state index contributed by atoms with van der Waals surface area (Å²) in [5.74, 6) is 0.736. The number of rotatable bonds is 5. The van der Waals surface area contributed by atoms with Crippen molar-refractivity contribution in [3.05, 3.63) is 29.8 Å². The van der Waals surface area contributed by atoms with E-state index in [2.05, 4.69) is 36.2 Å². The van der Waals surface area contributed by atoms with Crippen LogP contribution in [0.5, 0.6) is 0 Å². The van der Waals surface area contributed by atoms with Gasteiger partial charge < -0.3 is 9.80 Å². The Morgan fingerprint density at radius 2 is 1.77 bits per heavy atom. The molecule has 2 bridgehead atoms. The highest BCUT2D eigenvalue weighted by Gasteiger charge is 2.39. The van der Waals surface area contributed by atoms with Gasteiger partial charge in [-0.15, -0.1) is 0 Å². The van der Waals surface area contributed by atoms with E-state index in [1.807, 2.05) is 12.1 Å². The van der Waals surface area contributed by atoms with Gasteiger partial charge in [0.2, 0.25) is 0 Å². The van der Waals surface area contributed by atoms with Crippen LogP contribution in [0.3, 0.4) is 0 Å². The van der Waals surface area contributed by atoms with Crippen LogP contribution < -0.4 is 5.32 Å². The molecule has 3 fully saturated rings. The van der Waals surface area contributed by atoms with Crippen LogP contribution in [0.15, 0.2) is 24.3 Å². The quantitative estimate of drug-likeness (QED) is 0.846. The standard InChI is InChI=1S/C18H27N3O/c1-3-15(2)16-4-6-17(7-5-16)19-18(22)14-21-11-8-20(9-12-21)10-13-21/h4-7,15H,3,8-14H2,1-2H3/p+1/t15-/m1/s1. The molecule has 1 amide bonds. The Hall–Kier alpha value is -1.39. The van der Waals surface area contributed by atoms with E-state index in [0.29, 0.717) is 12.5 Å². The van der Waals surface area contributed by atoms with E-state index < -0.39 is 0 Å². The van der Waals surface area contributed by atoms with E-state index in [1.54, 1.807) is 0 Å². The van der Waals surface area contributed by atoms with Crippen molar-refractivity contribution in [2.75, 3.05) is 51.1 Å². The lowest BCUT2D eigenvalue weighted by Gasteiger charge is -2.50. The lowest BCUT2D eigenvalue weighted by molar-refractivity contribution is -0.933. The molecule has 0 radical (unpaired) electrons. The maximum atomic E-state index is 12.4. The number of benzene rings is 1. The van der Waals surface area contributed by atoms with E-state index in [-0.39, 0.29) is 5.91 Å². The molecule has 4 nitrogen and oxygen atoms in total. The summed E-state index contributed by atoms with van der Waals surface area (Å²) in [5.41, 5.74) is 2.26. The van der Waals surface area contributed by atoms with Gasteiger partial charge >= 0.3 is 0 Å². The predicted octanol–water partition coefficient (Wildman–Crippen LogP) is 2.28. The Labute approximate surface area is 133 Å². The second kappa shape index (κ2) is 6.39. The molecule has 3 aliphatic rings. The average Bonchev–Trinajstić information content (AvgIpc) is 2.56. The molecule has 1 aromatic rings. The SMILES string of the molecule is CC[C@@H](C)c1ccc(NC(=O)C[N+]23CCN(CC2)CC3)cc1. The number of carbonyl (C=O) groups excluding carboxylic acids is 1. The predicted molar refractivity (Wildman–Crippen MR) is 89.9 cm³/mol. The van der Waals surface area contributed by atoms with E-state index in [1.165, 1.54) is 5.56 Å². The third kappa shape index (κ3) is 3.33. The first kappa shape index (κ1) is 15.5. The van der Waals surface area contributed by atoms with E-state index in [4.69, 9.17) is 0 Å². The fourth-order valence-corrected chi connectivity index (χ4v) is 3.60. The molecule has 4 heteroatoms. The molecular weight excluding hydrogens is 274 g/mol. The Kier molecular flexibility index (Phi) is 4.50. The molecule has 1 N–H and O–H groups in total. The van der Waals surface area contributed by atoms with Crippen LogP contribution in [0.2, 0.25) is 0 Å². The van der Waals surface area contributed by atoms with Gasteiger partial charge in [0.25, 0.3) is 5.91 Å². The summed E-state index contributed by atoms with van der Waals surface area (Å²) in [7, 11) is 0. The van der Waals surface area contributed by atoms with Gasteiger partial charge in [0, 0.05) is 25.3 Å². The molecule has 22 heavy (non-hydrogen) atoms. The van der Waals surface area contributed by atoms with Crippen LogP contribution in [0.25, 0.3) is 0 Å².